The van der Waals surface area contributed by atoms with Gasteiger partial charge in [0.05, 0.1) is 5.57 Å². The van der Waals surface area contributed by atoms with Crippen LogP contribution in [0.25, 0.3) is 0 Å². The maximum absolute atomic E-state index is 10.6. The first-order valence-corrected chi connectivity index (χ1v) is 3.52. The van der Waals surface area contributed by atoms with Crippen molar-refractivity contribution < 1.29 is 9.90 Å². The van der Waals surface area contributed by atoms with Crippen molar-refractivity contribution in [3.05, 3.63) is 22.9 Å². The molecule has 0 aromatic rings. The fourth-order valence-corrected chi connectivity index (χ4v) is 1.22. The molecular formula is C8H11NO2. The molecule has 0 radical (unpaired) electrons. The Morgan fingerprint density at radius 1 is 1.73 bits per heavy atom. The van der Waals surface area contributed by atoms with E-state index in [2.05, 4.69) is 0 Å². The SMILES string of the molecule is CC1=C(C(=O)O)C(N)=CCC1. The van der Waals surface area contributed by atoms with Crippen LogP contribution in [0.2, 0.25) is 0 Å². The monoisotopic (exact) mass is 153 g/mol. The molecule has 3 heteroatoms. The van der Waals surface area contributed by atoms with Crippen LogP contribution in [0, 0.1) is 0 Å². The number of nitrogens with two attached hydrogens (primary N) is 1. The summed E-state index contributed by atoms with van der Waals surface area (Å²) in [5.74, 6) is -0.920. The number of carbonyl (C=O) groups is 1. The molecule has 3 N–H and O–H groups in total. The third-order valence-electron chi connectivity index (χ3n) is 1.81. The highest BCUT2D eigenvalue weighted by Gasteiger charge is 2.16. The number of hydrogen-bond donors (Lipinski definition) is 2. The van der Waals surface area contributed by atoms with Gasteiger partial charge < -0.3 is 10.8 Å². The molecule has 0 atom stereocenters. The number of hydrogen-bond acceptors (Lipinski definition) is 2. The second kappa shape index (κ2) is 2.78. The van der Waals surface area contributed by atoms with E-state index in [4.69, 9.17) is 10.8 Å². The van der Waals surface area contributed by atoms with Crippen LogP contribution in [0.15, 0.2) is 22.9 Å². The molecule has 0 aromatic carbocycles. The van der Waals surface area contributed by atoms with E-state index in [1.165, 1.54) is 0 Å². The fraction of sp³-hybridized carbons (Fsp3) is 0.375. The van der Waals surface area contributed by atoms with Crippen LogP contribution >= 0.6 is 0 Å². The topological polar surface area (TPSA) is 63.3 Å². The van der Waals surface area contributed by atoms with Crippen molar-refractivity contribution in [3.8, 4) is 0 Å². The number of carboxylic acid groups (broad SMARTS) is 1. The Morgan fingerprint density at radius 2 is 2.36 bits per heavy atom. The maximum atomic E-state index is 10.6. The summed E-state index contributed by atoms with van der Waals surface area (Å²) in [5, 5.41) is 8.70. The lowest BCUT2D eigenvalue weighted by Crippen LogP contribution is -2.14. The molecule has 1 rings (SSSR count). The van der Waals surface area contributed by atoms with Crippen molar-refractivity contribution in [1.29, 1.82) is 0 Å². The molecule has 0 fully saturated rings. The number of carboxylic acids is 1. The van der Waals surface area contributed by atoms with E-state index in [1.54, 1.807) is 6.08 Å². The molecule has 0 heterocycles. The van der Waals surface area contributed by atoms with Gasteiger partial charge in [-0.25, -0.2) is 4.79 Å². The van der Waals surface area contributed by atoms with Crippen LogP contribution in [0.5, 0.6) is 0 Å². The zero-order valence-corrected chi connectivity index (χ0v) is 6.42. The van der Waals surface area contributed by atoms with Crippen LogP contribution < -0.4 is 5.73 Å². The molecule has 0 saturated carbocycles. The minimum atomic E-state index is -0.920. The van der Waals surface area contributed by atoms with Crippen molar-refractivity contribution in [2.75, 3.05) is 0 Å². The molecule has 3 nitrogen and oxygen atoms in total. The lowest BCUT2D eigenvalue weighted by Gasteiger charge is -2.12. The Balaban J connectivity index is 3.04. The first-order valence-electron chi connectivity index (χ1n) is 3.52. The van der Waals surface area contributed by atoms with Crippen molar-refractivity contribution in [1.82, 2.24) is 0 Å². The lowest BCUT2D eigenvalue weighted by molar-refractivity contribution is -0.132. The van der Waals surface area contributed by atoms with Crippen LogP contribution in [0.1, 0.15) is 19.8 Å². The summed E-state index contributed by atoms with van der Waals surface area (Å²) in [6, 6.07) is 0. The molecule has 1 aliphatic rings. The highest BCUT2D eigenvalue weighted by molar-refractivity contribution is 5.92. The van der Waals surface area contributed by atoms with Crippen LogP contribution in [0.4, 0.5) is 0 Å². The van der Waals surface area contributed by atoms with Crippen molar-refractivity contribution in [2.24, 2.45) is 5.73 Å². The smallest absolute Gasteiger partial charge is 0.337 e. The molecule has 0 aliphatic heterocycles. The van der Waals surface area contributed by atoms with E-state index in [9.17, 15) is 4.79 Å². The molecule has 0 bridgehead atoms. The zero-order chi connectivity index (χ0) is 8.43. The molecule has 0 spiro atoms. The summed E-state index contributed by atoms with van der Waals surface area (Å²) in [5.41, 5.74) is 7.06. The van der Waals surface area contributed by atoms with E-state index in [1.807, 2.05) is 6.92 Å². The number of rotatable bonds is 1. The van der Waals surface area contributed by atoms with Crippen LogP contribution in [-0.2, 0) is 4.79 Å². The maximum Gasteiger partial charge on any atom is 0.337 e. The normalized spacial score (nSPS) is 18.1. The molecular weight excluding hydrogens is 142 g/mol. The van der Waals surface area contributed by atoms with Gasteiger partial charge >= 0.3 is 5.97 Å². The van der Waals surface area contributed by atoms with Gasteiger partial charge in [-0.2, -0.15) is 0 Å². The average Bonchev–Trinajstić information content (AvgIpc) is 1.85. The van der Waals surface area contributed by atoms with E-state index in [-0.39, 0.29) is 5.57 Å². The van der Waals surface area contributed by atoms with Crippen molar-refractivity contribution in [3.63, 3.8) is 0 Å². The Morgan fingerprint density at radius 3 is 2.73 bits per heavy atom. The predicted octanol–water partition coefficient (Wildman–Crippen LogP) is 1.02. The molecule has 0 saturated heterocycles. The number of aliphatic carboxylic acids is 1. The first-order chi connectivity index (χ1) is 5.13. The van der Waals surface area contributed by atoms with E-state index < -0.39 is 5.97 Å². The summed E-state index contributed by atoms with van der Waals surface area (Å²) in [6.07, 6.45) is 3.42. The highest BCUT2D eigenvalue weighted by Crippen LogP contribution is 2.21. The Kier molecular flexibility index (Phi) is 1.98. The second-order valence-electron chi connectivity index (χ2n) is 2.66. The predicted molar refractivity (Wildman–Crippen MR) is 41.8 cm³/mol. The van der Waals surface area contributed by atoms with Gasteiger partial charge in [0.15, 0.2) is 0 Å². The zero-order valence-electron chi connectivity index (χ0n) is 6.42. The van der Waals surface area contributed by atoms with Crippen LogP contribution in [0.3, 0.4) is 0 Å². The molecule has 0 aromatic heterocycles. The van der Waals surface area contributed by atoms with E-state index >= 15 is 0 Å². The lowest BCUT2D eigenvalue weighted by atomic mass is 9.96. The standard InChI is InChI=1S/C8H11NO2/c1-5-3-2-4-6(9)7(5)8(10)11/h4H,2-3,9H2,1H3,(H,10,11). The number of allylic oxidation sites excluding steroid dienone is 2. The van der Waals surface area contributed by atoms with Gasteiger partial charge in [-0.05, 0) is 19.8 Å². The third-order valence-corrected chi connectivity index (χ3v) is 1.81. The summed E-state index contributed by atoms with van der Waals surface area (Å²) in [4.78, 5) is 10.6. The largest absolute Gasteiger partial charge is 0.478 e. The molecule has 60 valence electrons. The second-order valence-corrected chi connectivity index (χ2v) is 2.66. The van der Waals surface area contributed by atoms with Gasteiger partial charge in [-0.3, -0.25) is 0 Å². The summed E-state index contributed by atoms with van der Waals surface area (Å²) in [6.45, 7) is 1.81. The van der Waals surface area contributed by atoms with Crippen LogP contribution in [-0.4, -0.2) is 11.1 Å². The third kappa shape index (κ3) is 1.42. The molecule has 1 aliphatic carbocycles. The Hall–Kier alpha value is -1.25. The molecule has 0 unspecified atom stereocenters. The highest BCUT2D eigenvalue weighted by atomic mass is 16.4. The summed E-state index contributed by atoms with van der Waals surface area (Å²) >= 11 is 0. The summed E-state index contributed by atoms with van der Waals surface area (Å²) in [7, 11) is 0. The molecule has 0 amide bonds. The van der Waals surface area contributed by atoms with Gasteiger partial charge in [0.1, 0.15) is 0 Å². The first kappa shape index (κ1) is 7.85. The van der Waals surface area contributed by atoms with Crippen molar-refractivity contribution >= 4 is 5.97 Å². The molecule has 11 heavy (non-hydrogen) atoms. The van der Waals surface area contributed by atoms with E-state index in [0.717, 1.165) is 18.4 Å². The minimum absolute atomic E-state index is 0.288. The quantitative estimate of drug-likeness (QED) is 0.591. The Labute approximate surface area is 65.2 Å². The van der Waals surface area contributed by atoms with Gasteiger partial charge in [-0.15, -0.1) is 0 Å². The fourth-order valence-electron chi connectivity index (χ4n) is 1.22. The minimum Gasteiger partial charge on any atom is -0.478 e. The van der Waals surface area contributed by atoms with Gasteiger partial charge in [0.25, 0.3) is 0 Å². The van der Waals surface area contributed by atoms with Gasteiger partial charge in [-0.1, -0.05) is 11.6 Å². The van der Waals surface area contributed by atoms with Crippen molar-refractivity contribution in [2.45, 2.75) is 19.8 Å². The summed E-state index contributed by atoms with van der Waals surface area (Å²) < 4.78 is 0. The van der Waals surface area contributed by atoms with Gasteiger partial charge in [0.2, 0.25) is 0 Å². The Bertz CT molecular complexity index is 251. The van der Waals surface area contributed by atoms with E-state index in [0.29, 0.717) is 5.70 Å². The van der Waals surface area contributed by atoms with Gasteiger partial charge in [0, 0.05) is 5.70 Å². The average molecular weight is 153 g/mol.